The van der Waals surface area contributed by atoms with Gasteiger partial charge in [0.2, 0.25) is 5.91 Å². The lowest BCUT2D eigenvalue weighted by molar-refractivity contribution is -0.131. The van der Waals surface area contributed by atoms with Gasteiger partial charge in [0.25, 0.3) is 0 Å². The van der Waals surface area contributed by atoms with Gasteiger partial charge in [0.15, 0.2) is 5.78 Å². The minimum Gasteiger partial charge on any atom is -0.449 e. The molecule has 1 aliphatic carbocycles. The number of thiocarbonyl (C=S) groups is 1. The molecule has 2 saturated heterocycles. The van der Waals surface area contributed by atoms with Crippen molar-refractivity contribution in [2.45, 2.75) is 44.8 Å². The lowest BCUT2D eigenvalue weighted by Gasteiger charge is -2.36. The number of halogens is 1. The van der Waals surface area contributed by atoms with Crippen molar-refractivity contribution in [1.29, 1.82) is 0 Å². The minimum atomic E-state index is -0.533. The fourth-order valence-corrected chi connectivity index (χ4v) is 7.55. The summed E-state index contributed by atoms with van der Waals surface area (Å²) in [4.78, 5) is 56.7. The third kappa shape index (κ3) is 8.68. The molecule has 1 atom stereocenters. The summed E-state index contributed by atoms with van der Waals surface area (Å²) in [6, 6.07) is 28.0. The average molecular weight is 778 g/mol. The molecule has 0 spiro atoms. The van der Waals surface area contributed by atoms with Crippen LogP contribution in [0.4, 0.5) is 25.4 Å². The van der Waals surface area contributed by atoms with Gasteiger partial charge < -0.3 is 29.9 Å². The number of nitrogens with zero attached hydrogens (tertiary/aromatic N) is 3. The van der Waals surface area contributed by atoms with E-state index in [9.17, 15) is 19.2 Å². The molecule has 0 bridgehead atoms. The second-order valence-electron chi connectivity index (χ2n) is 14.1. The zero-order chi connectivity index (χ0) is 39.2. The molecule has 3 amide bonds. The maximum absolute atomic E-state index is 15.3. The Labute approximate surface area is 330 Å². The maximum atomic E-state index is 15.3. The van der Waals surface area contributed by atoms with Gasteiger partial charge in [-0.05, 0) is 52.4 Å². The fraction of sp³-hybridized carbons (Fsp3) is 0.326. The molecular formula is C43H44FN5O6S. The van der Waals surface area contributed by atoms with Crippen LogP contribution in [-0.4, -0.2) is 85.7 Å². The highest BCUT2D eigenvalue weighted by molar-refractivity contribution is 7.80. The largest absolute Gasteiger partial charge is 0.449 e. The molecule has 2 N–H and O–H groups in total. The summed E-state index contributed by atoms with van der Waals surface area (Å²) in [5, 5.41) is 5.87. The predicted molar refractivity (Wildman–Crippen MR) is 216 cm³/mol. The summed E-state index contributed by atoms with van der Waals surface area (Å²) >= 11 is 5.18. The first kappa shape index (κ1) is 38.5. The molecule has 0 unspecified atom stereocenters. The third-order valence-electron chi connectivity index (χ3n) is 10.6. The normalized spacial score (nSPS) is 16.2. The van der Waals surface area contributed by atoms with Crippen LogP contribution in [0.15, 0.2) is 91.0 Å². The van der Waals surface area contributed by atoms with Crippen molar-refractivity contribution in [3.63, 3.8) is 0 Å². The number of carbonyl (C=O) groups is 4. The van der Waals surface area contributed by atoms with Crippen molar-refractivity contribution in [2.75, 3.05) is 55.7 Å². The Hall–Kier alpha value is -5.82. The minimum absolute atomic E-state index is 0.0257. The van der Waals surface area contributed by atoms with Crippen LogP contribution in [0.2, 0.25) is 0 Å². The van der Waals surface area contributed by atoms with Gasteiger partial charge in [-0.25, -0.2) is 14.0 Å². The smallest absolute Gasteiger partial charge is 0.414 e. The fourth-order valence-electron chi connectivity index (χ4n) is 7.46. The number of fused-ring (bicyclic) bond motifs is 3. The summed E-state index contributed by atoms with van der Waals surface area (Å²) in [7, 11) is 0. The molecule has 0 radical (unpaired) electrons. The Balaban J connectivity index is 0.820. The number of ether oxygens (including phenoxy) is 2. The van der Waals surface area contributed by atoms with E-state index in [-0.39, 0.29) is 50.1 Å². The van der Waals surface area contributed by atoms with Crippen LogP contribution in [0.25, 0.3) is 11.1 Å². The lowest BCUT2D eigenvalue weighted by atomic mass is 9.98. The maximum Gasteiger partial charge on any atom is 0.414 e. The van der Waals surface area contributed by atoms with E-state index in [0.29, 0.717) is 61.1 Å². The number of benzene rings is 4. The van der Waals surface area contributed by atoms with Gasteiger partial charge in [0, 0.05) is 57.0 Å². The van der Waals surface area contributed by atoms with Crippen molar-refractivity contribution < 1.29 is 33.0 Å². The van der Waals surface area contributed by atoms with Gasteiger partial charge in [-0.1, -0.05) is 91.9 Å². The first-order valence-corrected chi connectivity index (χ1v) is 19.4. The van der Waals surface area contributed by atoms with Crippen molar-refractivity contribution in [3.05, 3.63) is 119 Å². The highest BCUT2D eigenvalue weighted by Gasteiger charge is 2.33. The molecule has 7 rings (SSSR count). The molecule has 2 fully saturated rings. The predicted octanol–water partition coefficient (Wildman–Crippen LogP) is 6.83. The number of Topliss-reactive ketones (excluding diaryl/α,β-unsaturated/α-hetero) is 1. The number of hydrogen-bond acceptors (Lipinski definition) is 8. The molecule has 56 heavy (non-hydrogen) atoms. The number of carbonyl (C=O) groups excluding carboxylic acids is 4. The number of amides is 3. The number of hydrogen-bond donors (Lipinski definition) is 2. The van der Waals surface area contributed by atoms with E-state index in [1.165, 1.54) is 11.0 Å². The Bertz CT molecular complexity index is 2080. The van der Waals surface area contributed by atoms with Crippen LogP contribution < -0.4 is 20.4 Å². The summed E-state index contributed by atoms with van der Waals surface area (Å²) < 4.78 is 26.4. The number of piperazine rings is 1. The van der Waals surface area contributed by atoms with Crippen molar-refractivity contribution >= 4 is 52.5 Å². The highest BCUT2D eigenvalue weighted by Crippen LogP contribution is 2.44. The monoisotopic (exact) mass is 777 g/mol. The number of alkyl carbamates (subject to hydrolysis) is 1. The summed E-state index contributed by atoms with van der Waals surface area (Å²) in [6.07, 6.45) is -0.617. The lowest BCUT2D eigenvalue weighted by Crippen LogP contribution is -2.49. The van der Waals surface area contributed by atoms with Crippen molar-refractivity contribution in [1.82, 2.24) is 15.5 Å². The second-order valence-corrected chi connectivity index (χ2v) is 14.6. The summed E-state index contributed by atoms with van der Waals surface area (Å²) in [5.41, 5.74) is 6.72. The topological polar surface area (TPSA) is 121 Å². The van der Waals surface area contributed by atoms with E-state index in [4.69, 9.17) is 21.7 Å². The van der Waals surface area contributed by atoms with Gasteiger partial charge in [-0.3, -0.25) is 14.5 Å². The standard InChI is InChI=1S/C43H44FN5O6S/c1-2-40(56)45-25-31-26-49(43(53)55-31)30-15-16-38(37(44)23-30)47-19-21-48(22-20-47)41(51)18-17-39(50)29-13-11-28(12-14-29)24-46-42(52)54-27-36-34-9-5-3-7-32(34)33-8-4-6-10-35(33)36/h3-16,23,31,36H,2,17-22,24-27H2,1H3,(H,45,56)(H,46,52)/t31-/m0/s1. The molecule has 4 aromatic rings. The van der Waals surface area contributed by atoms with E-state index in [1.54, 1.807) is 41.3 Å². The van der Waals surface area contributed by atoms with Crippen molar-refractivity contribution in [3.8, 4) is 11.1 Å². The van der Waals surface area contributed by atoms with Gasteiger partial charge in [0.05, 0.1) is 29.5 Å². The van der Waals surface area contributed by atoms with Gasteiger partial charge in [-0.15, -0.1) is 0 Å². The molecule has 2 aliphatic heterocycles. The van der Waals surface area contributed by atoms with Gasteiger partial charge in [0.1, 0.15) is 18.5 Å². The van der Waals surface area contributed by atoms with Gasteiger partial charge >= 0.3 is 12.2 Å². The summed E-state index contributed by atoms with van der Waals surface area (Å²) in [6.45, 7) is 4.74. The zero-order valence-corrected chi connectivity index (χ0v) is 32.0. The number of ketones is 1. The van der Waals surface area contributed by atoms with Crippen LogP contribution >= 0.6 is 12.2 Å². The molecule has 4 aromatic carbocycles. The summed E-state index contributed by atoms with van der Waals surface area (Å²) in [5.74, 6) is -0.770. The molecule has 13 heteroatoms. The first-order valence-electron chi connectivity index (χ1n) is 19.0. The third-order valence-corrected chi connectivity index (χ3v) is 11.0. The van der Waals surface area contributed by atoms with Crippen LogP contribution in [0, 0.1) is 5.82 Å². The zero-order valence-electron chi connectivity index (χ0n) is 31.2. The van der Waals surface area contributed by atoms with Crippen LogP contribution in [-0.2, 0) is 20.8 Å². The Kier molecular flexibility index (Phi) is 11.9. The molecule has 11 nitrogen and oxygen atoms in total. The van der Waals surface area contributed by atoms with E-state index in [1.807, 2.05) is 36.1 Å². The first-order chi connectivity index (χ1) is 27.2. The average Bonchev–Trinajstić information content (AvgIpc) is 3.77. The molecule has 0 aromatic heterocycles. The van der Waals surface area contributed by atoms with Crippen molar-refractivity contribution in [2.24, 2.45) is 0 Å². The SMILES string of the molecule is CCC(=S)NC[C@H]1CN(c2ccc(N3CCN(C(=O)CCC(=O)c4ccc(CNC(=O)OCC5c6ccccc6-c6ccccc65)cc4)CC3)c(F)c2)C(=O)O1. The van der Waals surface area contributed by atoms with E-state index < -0.39 is 24.1 Å². The molecule has 290 valence electrons. The number of cyclic esters (lactones) is 1. The number of nitrogens with one attached hydrogen (secondary N) is 2. The van der Waals surface area contributed by atoms with E-state index in [2.05, 4.69) is 34.9 Å². The highest BCUT2D eigenvalue weighted by atomic mass is 32.1. The van der Waals surface area contributed by atoms with Gasteiger partial charge in [-0.2, -0.15) is 0 Å². The van der Waals surface area contributed by atoms with Crippen LogP contribution in [0.1, 0.15) is 59.2 Å². The Morgan fingerprint density at radius 2 is 1.55 bits per heavy atom. The van der Waals surface area contributed by atoms with E-state index in [0.717, 1.165) is 27.8 Å². The Morgan fingerprint density at radius 1 is 0.875 bits per heavy atom. The molecule has 3 aliphatic rings. The number of anilines is 2. The van der Waals surface area contributed by atoms with E-state index >= 15 is 4.39 Å². The molecule has 0 saturated carbocycles. The van der Waals surface area contributed by atoms with Crippen LogP contribution in [0.3, 0.4) is 0 Å². The molecular weight excluding hydrogens is 734 g/mol. The molecule has 2 heterocycles. The quantitative estimate of drug-likeness (QED) is 0.111. The number of rotatable bonds is 13. The van der Waals surface area contributed by atoms with Crippen LogP contribution in [0.5, 0.6) is 0 Å². The Morgan fingerprint density at radius 3 is 2.21 bits per heavy atom. The second kappa shape index (κ2) is 17.3.